The van der Waals surface area contributed by atoms with Crippen molar-refractivity contribution >= 4 is 5.97 Å². The molecule has 0 aliphatic heterocycles. The van der Waals surface area contributed by atoms with Crippen LogP contribution in [0.3, 0.4) is 0 Å². The van der Waals surface area contributed by atoms with Crippen molar-refractivity contribution < 1.29 is 9.53 Å². The van der Waals surface area contributed by atoms with Gasteiger partial charge in [0.2, 0.25) is 0 Å². The van der Waals surface area contributed by atoms with Crippen molar-refractivity contribution in [2.24, 2.45) is 0 Å². The summed E-state index contributed by atoms with van der Waals surface area (Å²) in [6.45, 7) is 1.84. The Labute approximate surface area is 122 Å². The molecule has 1 atom stereocenters. The fourth-order valence-corrected chi connectivity index (χ4v) is 2.34. The van der Waals surface area contributed by atoms with Gasteiger partial charge in [-0.2, -0.15) is 0 Å². The summed E-state index contributed by atoms with van der Waals surface area (Å²) in [6, 6.07) is 7.92. The monoisotopic (exact) mass is 287 g/mol. The Morgan fingerprint density at radius 2 is 2.29 bits per heavy atom. The molecule has 0 amide bonds. The molecule has 0 spiro atoms. The molecule has 0 bridgehead atoms. The van der Waals surface area contributed by atoms with Gasteiger partial charge >= 0.3 is 5.97 Å². The molecule has 1 heterocycles. The predicted octanol–water partition coefficient (Wildman–Crippen LogP) is 0.802. The number of carbonyl (C=O) groups excluding carboxylic acids is 1. The summed E-state index contributed by atoms with van der Waals surface area (Å²) in [5, 5.41) is 14.5. The van der Waals surface area contributed by atoms with Crippen LogP contribution in [0.5, 0.6) is 0 Å². The number of tetrazole rings is 1. The topological polar surface area (TPSA) is 81.9 Å². The summed E-state index contributed by atoms with van der Waals surface area (Å²) < 4.78 is 6.53. The number of benzene rings is 1. The van der Waals surface area contributed by atoms with Gasteiger partial charge in [0.05, 0.1) is 12.8 Å². The maximum Gasteiger partial charge on any atom is 0.330 e. The van der Waals surface area contributed by atoms with Crippen molar-refractivity contribution in [3.05, 3.63) is 36.2 Å². The van der Waals surface area contributed by atoms with E-state index in [-0.39, 0.29) is 5.97 Å². The number of rotatable bonds is 5. The number of ether oxygens (including phenoxy) is 1. The second kappa shape index (κ2) is 5.25. The molecule has 2 aromatic rings. The van der Waals surface area contributed by atoms with Gasteiger partial charge in [-0.3, -0.25) is 5.32 Å². The molecule has 0 saturated heterocycles. The number of methoxy groups -OCH3 is 1. The van der Waals surface area contributed by atoms with Crippen molar-refractivity contribution in [2.45, 2.75) is 31.3 Å². The SMILES string of the molecule is COC(=O)C(C)(NC1CC1)c1cccc(-n2cnnn2)c1. The molecule has 1 aliphatic carbocycles. The maximum atomic E-state index is 12.3. The standard InChI is InChI=1S/C14H17N5O2/c1-14(13(20)21-2,16-11-6-7-11)10-4-3-5-12(8-10)19-9-15-17-18-19/h3-5,8-9,11,16H,6-7H2,1-2H3. The van der Waals surface area contributed by atoms with Gasteiger partial charge in [-0.25, -0.2) is 9.48 Å². The summed E-state index contributed by atoms with van der Waals surface area (Å²) >= 11 is 0. The minimum Gasteiger partial charge on any atom is -0.467 e. The van der Waals surface area contributed by atoms with E-state index >= 15 is 0 Å². The quantitative estimate of drug-likeness (QED) is 0.819. The molecule has 1 N–H and O–H groups in total. The molecule has 3 rings (SSSR count). The van der Waals surface area contributed by atoms with E-state index in [0.717, 1.165) is 24.1 Å². The summed E-state index contributed by atoms with van der Waals surface area (Å²) in [6.07, 6.45) is 3.68. The fraction of sp³-hybridized carbons (Fsp3) is 0.429. The molecule has 7 heteroatoms. The molecule has 1 unspecified atom stereocenters. The highest BCUT2D eigenvalue weighted by Gasteiger charge is 2.41. The van der Waals surface area contributed by atoms with Crippen LogP contribution < -0.4 is 5.32 Å². The van der Waals surface area contributed by atoms with Crippen LogP contribution in [-0.2, 0) is 15.1 Å². The number of nitrogens with zero attached hydrogens (tertiary/aromatic N) is 4. The highest BCUT2D eigenvalue weighted by atomic mass is 16.5. The van der Waals surface area contributed by atoms with Gasteiger partial charge in [0.25, 0.3) is 0 Å². The molecule has 110 valence electrons. The van der Waals surface area contributed by atoms with Gasteiger partial charge in [-0.1, -0.05) is 12.1 Å². The minimum atomic E-state index is -0.875. The zero-order valence-corrected chi connectivity index (χ0v) is 12.0. The Balaban J connectivity index is 1.99. The first-order valence-electron chi connectivity index (χ1n) is 6.83. The molecular formula is C14H17N5O2. The van der Waals surface area contributed by atoms with Crippen molar-refractivity contribution in [3.63, 3.8) is 0 Å². The van der Waals surface area contributed by atoms with Gasteiger partial charge in [0, 0.05) is 6.04 Å². The van der Waals surface area contributed by atoms with Crippen LogP contribution in [0.1, 0.15) is 25.3 Å². The predicted molar refractivity (Wildman–Crippen MR) is 74.7 cm³/mol. The molecule has 21 heavy (non-hydrogen) atoms. The van der Waals surface area contributed by atoms with Crippen molar-refractivity contribution in [2.75, 3.05) is 7.11 Å². The fourth-order valence-electron chi connectivity index (χ4n) is 2.34. The molecule has 1 fully saturated rings. The molecular weight excluding hydrogens is 270 g/mol. The molecule has 7 nitrogen and oxygen atoms in total. The number of aromatic nitrogens is 4. The molecule has 1 saturated carbocycles. The van der Waals surface area contributed by atoms with E-state index in [1.165, 1.54) is 13.4 Å². The summed E-state index contributed by atoms with van der Waals surface area (Å²) in [5.41, 5.74) is 0.749. The van der Waals surface area contributed by atoms with Crippen LogP contribution in [0.15, 0.2) is 30.6 Å². The van der Waals surface area contributed by atoms with Crippen LogP contribution in [0, 0.1) is 0 Å². The number of esters is 1. The lowest BCUT2D eigenvalue weighted by Gasteiger charge is -2.29. The van der Waals surface area contributed by atoms with Crippen molar-refractivity contribution in [1.29, 1.82) is 0 Å². The van der Waals surface area contributed by atoms with E-state index < -0.39 is 5.54 Å². The minimum absolute atomic E-state index is 0.303. The average molecular weight is 287 g/mol. The molecule has 1 aliphatic rings. The van der Waals surface area contributed by atoms with Crippen LogP contribution in [0.25, 0.3) is 5.69 Å². The summed E-state index contributed by atoms with van der Waals surface area (Å²) in [5.74, 6) is -0.303. The smallest absolute Gasteiger partial charge is 0.330 e. The van der Waals surface area contributed by atoms with E-state index in [4.69, 9.17) is 4.74 Å². The summed E-state index contributed by atoms with van der Waals surface area (Å²) in [4.78, 5) is 12.3. The average Bonchev–Trinajstić information content (AvgIpc) is 3.15. The van der Waals surface area contributed by atoms with Gasteiger partial charge in [0.1, 0.15) is 11.9 Å². The Morgan fingerprint density at radius 3 is 2.90 bits per heavy atom. The van der Waals surface area contributed by atoms with Gasteiger partial charge in [-0.05, 0) is 47.9 Å². The second-order valence-electron chi connectivity index (χ2n) is 5.34. The van der Waals surface area contributed by atoms with E-state index in [2.05, 4.69) is 20.8 Å². The first-order chi connectivity index (χ1) is 10.1. The Hall–Kier alpha value is -2.28. The van der Waals surface area contributed by atoms with Crippen molar-refractivity contribution in [1.82, 2.24) is 25.5 Å². The summed E-state index contributed by atoms with van der Waals surface area (Å²) in [7, 11) is 1.40. The normalized spacial score (nSPS) is 17.2. The zero-order chi connectivity index (χ0) is 14.9. The van der Waals surface area contributed by atoms with E-state index in [1.54, 1.807) is 4.68 Å². The van der Waals surface area contributed by atoms with Crippen LogP contribution in [0.4, 0.5) is 0 Å². The van der Waals surface area contributed by atoms with Gasteiger partial charge < -0.3 is 4.74 Å². The molecule has 0 radical (unpaired) electrons. The van der Waals surface area contributed by atoms with Crippen molar-refractivity contribution in [3.8, 4) is 5.69 Å². The third-order valence-electron chi connectivity index (χ3n) is 3.70. The lowest BCUT2D eigenvalue weighted by Crippen LogP contribution is -2.48. The molecule has 1 aromatic heterocycles. The van der Waals surface area contributed by atoms with Crippen LogP contribution >= 0.6 is 0 Å². The zero-order valence-electron chi connectivity index (χ0n) is 12.0. The first kappa shape index (κ1) is 13.7. The Morgan fingerprint density at radius 1 is 1.48 bits per heavy atom. The number of hydrogen-bond donors (Lipinski definition) is 1. The van der Waals surface area contributed by atoms with Gasteiger partial charge in [-0.15, -0.1) is 5.10 Å². The second-order valence-corrected chi connectivity index (χ2v) is 5.34. The number of hydrogen-bond acceptors (Lipinski definition) is 6. The first-order valence-corrected chi connectivity index (χ1v) is 6.83. The third-order valence-corrected chi connectivity index (χ3v) is 3.70. The largest absolute Gasteiger partial charge is 0.467 e. The van der Waals surface area contributed by atoms with E-state index in [1.807, 2.05) is 31.2 Å². The number of nitrogens with one attached hydrogen (secondary N) is 1. The Kier molecular flexibility index (Phi) is 3.42. The Bertz CT molecular complexity index is 639. The molecule has 1 aromatic carbocycles. The highest BCUT2D eigenvalue weighted by Crippen LogP contribution is 2.30. The van der Waals surface area contributed by atoms with E-state index in [0.29, 0.717) is 6.04 Å². The van der Waals surface area contributed by atoms with Crippen LogP contribution in [-0.4, -0.2) is 39.3 Å². The van der Waals surface area contributed by atoms with Gasteiger partial charge in [0.15, 0.2) is 0 Å². The van der Waals surface area contributed by atoms with Crippen LogP contribution in [0.2, 0.25) is 0 Å². The number of carbonyl (C=O) groups is 1. The third kappa shape index (κ3) is 2.64. The lowest BCUT2D eigenvalue weighted by molar-refractivity contribution is -0.148. The highest BCUT2D eigenvalue weighted by molar-refractivity contribution is 5.82. The van der Waals surface area contributed by atoms with E-state index in [9.17, 15) is 4.79 Å². The lowest BCUT2D eigenvalue weighted by atomic mass is 9.91. The maximum absolute atomic E-state index is 12.3.